The molecule has 0 atom stereocenters. The van der Waals surface area contributed by atoms with Gasteiger partial charge in [-0.15, -0.1) is 0 Å². The molecule has 0 aromatic carbocycles. The second-order valence-electron chi connectivity index (χ2n) is 7.55. The Labute approximate surface area is 146 Å². The van der Waals surface area contributed by atoms with Gasteiger partial charge < -0.3 is 15.0 Å². The summed E-state index contributed by atoms with van der Waals surface area (Å²) in [6, 6.07) is 0. The normalized spacial score (nSPS) is 22.8. The lowest BCUT2D eigenvalue weighted by atomic mass is 9.97. The van der Waals surface area contributed by atoms with Gasteiger partial charge in [-0.25, -0.2) is 0 Å². The van der Waals surface area contributed by atoms with Gasteiger partial charge in [-0.3, -0.25) is 9.79 Å². The van der Waals surface area contributed by atoms with E-state index >= 15 is 0 Å². The highest BCUT2D eigenvalue weighted by molar-refractivity contribution is 5.80. The molecule has 3 rings (SSSR count). The lowest BCUT2D eigenvalue weighted by Crippen LogP contribution is -2.47. The first kappa shape index (κ1) is 17.6. The summed E-state index contributed by atoms with van der Waals surface area (Å²) in [6.45, 7) is 8.15. The van der Waals surface area contributed by atoms with Gasteiger partial charge in [-0.1, -0.05) is 0 Å². The van der Waals surface area contributed by atoms with Crippen LogP contribution in [0.5, 0.6) is 0 Å². The molecule has 0 aromatic heterocycles. The molecular formula is C19H33N3O2. The summed E-state index contributed by atoms with van der Waals surface area (Å²) in [4.78, 5) is 19.2. The zero-order valence-corrected chi connectivity index (χ0v) is 15.3. The number of likely N-dealkylation sites (tertiary alicyclic amines) is 1. The number of carbonyl (C=O) groups is 1. The molecular weight excluding hydrogens is 302 g/mol. The van der Waals surface area contributed by atoms with E-state index in [2.05, 4.69) is 17.1 Å². The minimum atomic E-state index is -0.0263. The van der Waals surface area contributed by atoms with Crippen molar-refractivity contribution in [1.82, 2.24) is 10.2 Å². The van der Waals surface area contributed by atoms with Gasteiger partial charge in [0.2, 0.25) is 0 Å². The molecule has 2 aliphatic carbocycles. The molecule has 1 N–H and O–H groups in total. The summed E-state index contributed by atoms with van der Waals surface area (Å²) in [7, 11) is 0. The number of esters is 1. The number of rotatable bonds is 7. The Morgan fingerprint density at radius 3 is 2.25 bits per heavy atom. The molecule has 5 heteroatoms. The molecule has 5 nitrogen and oxygen atoms in total. The van der Waals surface area contributed by atoms with Crippen molar-refractivity contribution < 1.29 is 9.53 Å². The predicted octanol–water partition coefficient (Wildman–Crippen LogP) is 2.66. The Kier molecular flexibility index (Phi) is 6.01. The maximum absolute atomic E-state index is 11.9. The van der Waals surface area contributed by atoms with E-state index in [4.69, 9.17) is 9.73 Å². The second kappa shape index (κ2) is 8.21. The van der Waals surface area contributed by atoms with Gasteiger partial charge in [-0.2, -0.15) is 0 Å². The highest BCUT2D eigenvalue weighted by atomic mass is 16.5. The average molecular weight is 335 g/mol. The third-order valence-corrected chi connectivity index (χ3v) is 5.66. The van der Waals surface area contributed by atoms with E-state index in [0.29, 0.717) is 6.61 Å². The van der Waals surface area contributed by atoms with E-state index in [0.717, 1.165) is 62.7 Å². The van der Waals surface area contributed by atoms with Gasteiger partial charge in [0.25, 0.3) is 0 Å². The highest BCUT2D eigenvalue weighted by Gasteiger charge is 2.41. The monoisotopic (exact) mass is 335 g/mol. The number of aliphatic imine (C=N–C) groups is 1. The molecule has 0 amide bonds. The standard InChI is InChI=1S/C19H33N3O2/c1-3-20-19(21-13-17(14-5-6-14)15-7-8-15)22-11-9-16(10-12-22)18(23)24-4-2/h14-17H,3-13H2,1-2H3,(H,20,21). The molecule has 1 aliphatic heterocycles. The van der Waals surface area contributed by atoms with Crippen molar-refractivity contribution in [1.29, 1.82) is 0 Å². The van der Waals surface area contributed by atoms with Crippen LogP contribution in [0.25, 0.3) is 0 Å². The average Bonchev–Trinajstić information content (AvgIpc) is 3.48. The minimum Gasteiger partial charge on any atom is -0.466 e. The fourth-order valence-electron chi connectivity index (χ4n) is 3.94. The Morgan fingerprint density at radius 2 is 1.75 bits per heavy atom. The van der Waals surface area contributed by atoms with E-state index in [-0.39, 0.29) is 11.9 Å². The third kappa shape index (κ3) is 4.64. The molecule has 0 unspecified atom stereocenters. The molecule has 3 fully saturated rings. The van der Waals surface area contributed by atoms with E-state index in [1.54, 1.807) is 0 Å². The molecule has 2 saturated carbocycles. The number of hydrogen-bond donors (Lipinski definition) is 1. The number of guanidine groups is 1. The number of carbonyl (C=O) groups excluding carboxylic acids is 1. The fraction of sp³-hybridized carbons (Fsp3) is 0.895. The number of hydrogen-bond acceptors (Lipinski definition) is 3. The van der Waals surface area contributed by atoms with E-state index in [1.165, 1.54) is 25.7 Å². The molecule has 1 heterocycles. The van der Waals surface area contributed by atoms with Crippen LogP contribution in [0.4, 0.5) is 0 Å². The minimum absolute atomic E-state index is 0.0263. The van der Waals surface area contributed by atoms with Gasteiger partial charge in [0.15, 0.2) is 5.96 Å². The van der Waals surface area contributed by atoms with Crippen molar-refractivity contribution in [3.05, 3.63) is 0 Å². The number of piperidine rings is 1. The van der Waals surface area contributed by atoms with Crippen molar-refractivity contribution in [2.45, 2.75) is 52.4 Å². The largest absolute Gasteiger partial charge is 0.466 e. The molecule has 1 saturated heterocycles. The second-order valence-corrected chi connectivity index (χ2v) is 7.55. The molecule has 0 bridgehead atoms. The van der Waals surface area contributed by atoms with Crippen LogP contribution >= 0.6 is 0 Å². The smallest absolute Gasteiger partial charge is 0.309 e. The summed E-state index contributed by atoms with van der Waals surface area (Å²) in [5.41, 5.74) is 0. The highest BCUT2D eigenvalue weighted by Crippen LogP contribution is 2.49. The first-order valence-corrected chi connectivity index (χ1v) is 9.92. The summed E-state index contributed by atoms with van der Waals surface area (Å²) >= 11 is 0. The van der Waals surface area contributed by atoms with Gasteiger partial charge in [0.1, 0.15) is 0 Å². The molecule has 3 aliphatic rings. The topological polar surface area (TPSA) is 53.9 Å². The zero-order chi connectivity index (χ0) is 16.9. The van der Waals surface area contributed by atoms with Crippen molar-refractivity contribution >= 4 is 11.9 Å². The Bertz CT molecular complexity index is 438. The molecule has 0 radical (unpaired) electrons. The van der Waals surface area contributed by atoms with Crippen molar-refractivity contribution in [2.75, 3.05) is 32.8 Å². The Balaban J connectivity index is 1.53. The van der Waals surface area contributed by atoms with Crippen molar-refractivity contribution in [3.63, 3.8) is 0 Å². The number of nitrogens with one attached hydrogen (secondary N) is 1. The lowest BCUT2D eigenvalue weighted by molar-refractivity contribution is -0.149. The molecule has 0 spiro atoms. The van der Waals surface area contributed by atoms with E-state index in [9.17, 15) is 4.79 Å². The number of nitrogens with zero attached hydrogens (tertiary/aromatic N) is 2. The van der Waals surface area contributed by atoms with Crippen LogP contribution < -0.4 is 5.32 Å². The Morgan fingerprint density at radius 1 is 1.12 bits per heavy atom. The molecule has 0 aromatic rings. The van der Waals surface area contributed by atoms with Crippen LogP contribution in [0.3, 0.4) is 0 Å². The maximum Gasteiger partial charge on any atom is 0.309 e. The summed E-state index contributed by atoms with van der Waals surface area (Å²) in [5, 5.41) is 3.46. The van der Waals surface area contributed by atoms with Crippen LogP contribution in [0.15, 0.2) is 4.99 Å². The van der Waals surface area contributed by atoms with Gasteiger partial charge in [-0.05, 0) is 70.1 Å². The fourth-order valence-corrected chi connectivity index (χ4v) is 3.94. The third-order valence-electron chi connectivity index (χ3n) is 5.66. The van der Waals surface area contributed by atoms with Crippen LogP contribution in [0, 0.1) is 23.7 Å². The van der Waals surface area contributed by atoms with Crippen LogP contribution in [0.1, 0.15) is 52.4 Å². The SMILES string of the molecule is CCNC(=NCC(C1CC1)C1CC1)N1CCC(C(=O)OCC)CC1. The van der Waals surface area contributed by atoms with E-state index < -0.39 is 0 Å². The maximum atomic E-state index is 11.9. The first-order chi connectivity index (χ1) is 11.7. The molecule has 24 heavy (non-hydrogen) atoms. The van der Waals surface area contributed by atoms with E-state index in [1.807, 2.05) is 6.92 Å². The van der Waals surface area contributed by atoms with Gasteiger partial charge >= 0.3 is 5.97 Å². The lowest BCUT2D eigenvalue weighted by Gasteiger charge is -2.33. The molecule has 136 valence electrons. The van der Waals surface area contributed by atoms with Gasteiger partial charge in [0, 0.05) is 26.2 Å². The summed E-state index contributed by atoms with van der Waals surface area (Å²) in [5.74, 6) is 3.79. The van der Waals surface area contributed by atoms with Crippen LogP contribution in [-0.4, -0.2) is 49.6 Å². The summed E-state index contributed by atoms with van der Waals surface area (Å²) < 4.78 is 5.17. The summed E-state index contributed by atoms with van der Waals surface area (Å²) in [6.07, 6.45) is 7.41. The van der Waals surface area contributed by atoms with Gasteiger partial charge in [0.05, 0.1) is 12.5 Å². The van der Waals surface area contributed by atoms with Crippen molar-refractivity contribution in [3.8, 4) is 0 Å². The Hall–Kier alpha value is -1.26. The number of ether oxygens (including phenoxy) is 1. The predicted molar refractivity (Wildman–Crippen MR) is 95.8 cm³/mol. The van der Waals surface area contributed by atoms with Crippen molar-refractivity contribution in [2.24, 2.45) is 28.7 Å². The quantitative estimate of drug-likeness (QED) is 0.441. The first-order valence-electron chi connectivity index (χ1n) is 9.92. The van der Waals surface area contributed by atoms with Crippen LogP contribution in [0.2, 0.25) is 0 Å². The zero-order valence-electron chi connectivity index (χ0n) is 15.3. The van der Waals surface area contributed by atoms with Crippen LogP contribution in [-0.2, 0) is 9.53 Å².